The monoisotopic (exact) mass is 798 g/mol. The molecule has 1 unspecified atom stereocenters. The first kappa shape index (κ1) is 44.2. The van der Waals surface area contributed by atoms with Gasteiger partial charge in [-0.1, -0.05) is 47.6 Å². The van der Waals surface area contributed by atoms with Crippen molar-refractivity contribution in [1.29, 1.82) is 0 Å². The van der Waals surface area contributed by atoms with Crippen LogP contribution in [0.5, 0.6) is 0 Å². The fraction of sp³-hybridized carbons (Fsp3) is 0.367. The van der Waals surface area contributed by atoms with Crippen LogP contribution in [-0.2, 0) is 9.59 Å². The fourth-order valence-corrected chi connectivity index (χ4v) is 7.81. The molecule has 310 valence electrons. The van der Waals surface area contributed by atoms with E-state index in [9.17, 15) is 30.0 Å². The molecule has 5 rings (SSSR count). The van der Waals surface area contributed by atoms with Gasteiger partial charge in [-0.05, 0) is 152 Å². The lowest BCUT2D eigenvalue weighted by Crippen LogP contribution is -2.20. The van der Waals surface area contributed by atoms with Gasteiger partial charge in [0, 0.05) is 40.2 Å². The molecule has 0 radical (unpaired) electrons. The summed E-state index contributed by atoms with van der Waals surface area (Å²) in [6.07, 6.45) is 21.3. The van der Waals surface area contributed by atoms with E-state index in [4.69, 9.17) is 15.0 Å². The van der Waals surface area contributed by atoms with Crippen molar-refractivity contribution in [1.82, 2.24) is 4.98 Å². The number of aromatic nitrogens is 1. The molecule has 8 bridgehead atoms. The number of rotatable bonds is 17. The van der Waals surface area contributed by atoms with Gasteiger partial charge < -0.3 is 25.4 Å². The van der Waals surface area contributed by atoms with Gasteiger partial charge in [-0.25, -0.2) is 15.0 Å². The van der Waals surface area contributed by atoms with Crippen molar-refractivity contribution in [3.05, 3.63) is 132 Å². The molecule has 0 aliphatic carbocycles. The Balaban J connectivity index is 1.58. The average molecular weight is 799 g/mol. The minimum Gasteiger partial charge on any atom is -0.515 e. The Bertz CT molecular complexity index is 2440. The first-order valence-electron chi connectivity index (χ1n) is 20.4. The van der Waals surface area contributed by atoms with Gasteiger partial charge in [0.1, 0.15) is 0 Å². The zero-order chi connectivity index (χ0) is 43.0. The minimum atomic E-state index is -1.00. The molecular formula is C49H58N4O6. The maximum absolute atomic E-state index is 11.9. The van der Waals surface area contributed by atoms with Crippen LogP contribution in [0.25, 0.3) is 18.2 Å². The predicted octanol–water partition coefficient (Wildman–Crippen LogP) is 9.29. The molecule has 4 aliphatic heterocycles. The van der Waals surface area contributed by atoms with Gasteiger partial charge in [-0.3, -0.25) is 9.59 Å². The topological polar surface area (TPSA) is 168 Å². The van der Waals surface area contributed by atoms with Crippen molar-refractivity contribution in [2.75, 3.05) is 0 Å². The SMILES string of the molecule is C=Cc1c(C)c2[nH]c1=CC1=NC(=CC3=C(CCC(=O)O)/C(=C/O)C(=N3)C=C3N=C(C=2)C(C(O)CC/C=C(\C)CC/C=C(\C)CCC=C(C)C)=C3C)C(CCC(=O)O)=C1C. The Hall–Kier alpha value is -5.87. The highest BCUT2D eigenvalue weighted by Gasteiger charge is 2.30. The number of allylic oxidation sites excluding steroid dienone is 13. The molecule has 1 aromatic rings. The van der Waals surface area contributed by atoms with Crippen molar-refractivity contribution >= 4 is 47.3 Å². The summed E-state index contributed by atoms with van der Waals surface area (Å²) >= 11 is 0. The lowest BCUT2D eigenvalue weighted by molar-refractivity contribution is -0.137. The van der Waals surface area contributed by atoms with Crippen LogP contribution in [-0.4, -0.2) is 60.6 Å². The smallest absolute Gasteiger partial charge is 0.303 e. The van der Waals surface area contributed by atoms with Crippen molar-refractivity contribution < 1.29 is 30.0 Å². The van der Waals surface area contributed by atoms with Gasteiger partial charge in [0.25, 0.3) is 0 Å². The van der Waals surface area contributed by atoms with E-state index < -0.39 is 18.0 Å². The van der Waals surface area contributed by atoms with E-state index in [2.05, 4.69) is 57.5 Å². The molecule has 1 atom stereocenters. The summed E-state index contributed by atoms with van der Waals surface area (Å²) < 4.78 is 0. The Morgan fingerprint density at radius 2 is 1.34 bits per heavy atom. The van der Waals surface area contributed by atoms with Gasteiger partial charge in [-0.15, -0.1) is 0 Å². The molecule has 10 heteroatoms. The second-order valence-electron chi connectivity index (χ2n) is 15.9. The van der Waals surface area contributed by atoms with Crippen molar-refractivity contribution in [2.24, 2.45) is 15.0 Å². The van der Waals surface area contributed by atoms with E-state index in [1.54, 1.807) is 18.2 Å². The van der Waals surface area contributed by atoms with Gasteiger partial charge in [0.05, 0.1) is 46.6 Å². The van der Waals surface area contributed by atoms with E-state index >= 15 is 0 Å². The van der Waals surface area contributed by atoms with Crippen molar-refractivity contribution in [3.63, 3.8) is 0 Å². The van der Waals surface area contributed by atoms with E-state index in [1.807, 2.05) is 32.9 Å². The number of carbonyl (C=O) groups is 2. The summed E-state index contributed by atoms with van der Waals surface area (Å²) in [6.45, 7) is 18.5. The number of hydrogen-bond donors (Lipinski definition) is 5. The molecule has 5 heterocycles. The summed E-state index contributed by atoms with van der Waals surface area (Å²) in [5.41, 5.74) is 12.8. The van der Waals surface area contributed by atoms with Crippen LogP contribution >= 0.6 is 0 Å². The average Bonchev–Trinajstić information content (AvgIpc) is 3.85. The van der Waals surface area contributed by atoms with Crippen LogP contribution in [0.2, 0.25) is 0 Å². The number of carboxylic acid groups (broad SMARTS) is 2. The number of aliphatic hydroxyl groups excluding tert-OH is 2. The van der Waals surface area contributed by atoms with E-state index in [0.717, 1.165) is 70.5 Å². The maximum Gasteiger partial charge on any atom is 0.303 e. The normalized spacial score (nSPS) is 18.0. The number of aromatic amines is 1. The van der Waals surface area contributed by atoms with Crippen LogP contribution in [0.4, 0.5) is 0 Å². The zero-order valence-electron chi connectivity index (χ0n) is 35.5. The standard InChI is InChI=1S/C49H58N4O6/c1-9-34-31(6)39-25-45-49(46(55)18-12-17-30(5)16-11-15-29(4)14-10-13-28(2)3)33(8)40(52-45)24-44-37(27-54)36(20-22-48(58)59)43(53-44)26-42-35(19-21-47(56)57)32(7)38(51-42)23-41(34)50-39/h9,13,15,17,23-27,46,50,54-55H,1,10-12,14,16,18-22H2,2-8H3,(H,56,57)(H,58,59)/b29-15+,30-17+,37-27-,39-25?,40-24?,41-23?,42-26?. The van der Waals surface area contributed by atoms with Crippen LogP contribution in [0, 0.1) is 6.92 Å². The molecule has 10 nitrogen and oxygen atoms in total. The number of aliphatic carboxylic acids is 2. The number of nitrogens with zero attached hydrogens (tertiary/aromatic N) is 3. The molecule has 0 fully saturated rings. The van der Waals surface area contributed by atoms with Gasteiger partial charge >= 0.3 is 11.9 Å². The lowest BCUT2D eigenvalue weighted by atomic mass is 9.94. The second-order valence-corrected chi connectivity index (χ2v) is 15.9. The van der Waals surface area contributed by atoms with Crippen LogP contribution < -0.4 is 10.7 Å². The predicted molar refractivity (Wildman–Crippen MR) is 240 cm³/mol. The Labute approximate surface area is 347 Å². The summed E-state index contributed by atoms with van der Waals surface area (Å²) in [5, 5.41) is 43.2. The molecule has 0 aromatic carbocycles. The molecule has 0 saturated carbocycles. The van der Waals surface area contributed by atoms with Crippen molar-refractivity contribution in [3.8, 4) is 0 Å². The molecule has 0 saturated heterocycles. The van der Waals surface area contributed by atoms with Gasteiger partial charge in [0.15, 0.2) is 0 Å². The summed E-state index contributed by atoms with van der Waals surface area (Å²) in [4.78, 5) is 41.9. The first-order chi connectivity index (χ1) is 28.1. The van der Waals surface area contributed by atoms with E-state index in [-0.39, 0.29) is 25.7 Å². The van der Waals surface area contributed by atoms with E-state index in [1.165, 1.54) is 16.7 Å². The fourth-order valence-electron chi connectivity index (χ4n) is 7.81. The number of carboxylic acids is 2. The summed E-state index contributed by atoms with van der Waals surface area (Å²) in [5.74, 6) is -1.94. The Morgan fingerprint density at radius 3 is 1.97 bits per heavy atom. The highest BCUT2D eigenvalue weighted by Crippen LogP contribution is 2.37. The summed E-state index contributed by atoms with van der Waals surface area (Å²) in [6, 6.07) is 0. The number of aliphatic hydroxyl groups is 2. The first-order valence-corrected chi connectivity index (χ1v) is 20.4. The molecule has 5 N–H and O–H groups in total. The number of H-pyrrole nitrogens is 1. The lowest BCUT2D eigenvalue weighted by Gasteiger charge is -2.13. The molecule has 59 heavy (non-hydrogen) atoms. The maximum atomic E-state index is 11.9. The largest absolute Gasteiger partial charge is 0.515 e. The van der Waals surface area contributed by atoms with Crippen LogP contribution in [0.15, 0.2) is 125 Å². The van der Waals surface area contributed by atoms with Gasteiger partial charge in [-0.2, -0.15) is 0 Å². The van der Waals surface area contributed by atoms with E-state index in [0.29, 0.717) is 63.8 Å². The highest BCUT2D eigenvalue weighted by molar-refractivity contribution is 6.25. The number of aliphatic imine (C=N–C) groups is 3. The quantitative estimate of drug-likeness (QED) is 0.0778. The zero-order valence-corrected chi connectivity index (χ0v) is 35.5. The third kappa shape index (κ3) is 10.8. The van der Waals surface area contributed by atoms with Gasteiger partial charge in [0.2, 0.25) is 0 Å². The molecule has 1 aromatic heterocycles. The third-order valence-corrected chi connectivity index (χ3v) is 11.2. The molecule has 0 spiro atoms. The number of fused-ring (bicyclic) bond motifs is 5. The molecule has 0 amide bonds. The number of nitrogens with one attached hydrogen (secondary N) is 1. The second kappa shape index (κ2) is 19.7. The molecular weight excluding hydrogens is 741 g/mol. The third-order valence-electron chi connectivity index (χ3n) is 11.2. The van der Waals surface area contributed by atoms with Crippen molar-refractivity contribution in [2.45, 2.75) is 119 Å². The summed E-state index contributed by atoms with van der Waals surface area (Å²) in [7, 11) is 0. The Morgan fingerprint density at radius 1 is 0.729 bits per heavy atom. The highest BCUT2D eigenvalue weighted by atomic mass is 16.4. The minimum absolute atomic E-state index is 0.0833. The van der Waals surface area contributed by atoms with Crippen LogP contribution in [0.1, 0.15) is 117 Å². The van der Waals surface area contributed by atoms with Crippen LogP contribution in [0.3, 0.4) is 0 Å². The number of hydrogen-bond acceptors (Lipinski definition) is 7. The molecule has 4 aliphatic rings. The Kier molecular flexibility index (Phi) is 14.8.